The SMILES string of the molecule is Cc1c(C(=O)C(=O)NC2(C(F)(F)F)COC2)c2n(c1C(=O)Nc1ccnc(C(F)F)c1)[C@@H]1CC1C2C. The third kappa shape index (κ3) is 3.59. The average Bonchev–Trinajstić information content (AvgIpc) is 3.44. The highest BCUT2D eigenvalue weighted by molar-refractivity contribution is 6.44. The Morgan fingerprint density at radius 3 is 2.53 bits per heavy atom. The van der Waals surface area contributed by atoms with Gasteiger partial charge >= 0.3 is 6.18 Å². The Hall–Kier alpha value is -3.35. The molecule has 0 bridgehead atoms. The van der Waals surface area contributed by atoms with Gasteiger partial charge in [0, 0.05) is 29.5 Å². The predicted molar refractivity (Wildman–Crippen MR) is 114 cm³/mol. The summed E-state index contributed by atoms with van der Waals surface area (Å²) in [6, 6.07) is 2.24. The van der Waals surface area contributed by atoms with E-state index in [1.165, 1.54) is 13.0 Å². The summed E-state index contributed by atoms with van der Waals surface area (Å²) in [5.74, 6) is -3.41. The first-order chi connectivity index (χ1) is 16.9. The van der Waals surface area contributed by atoms with Gasteiger partial charge in [-0.2, -0.15) is 13.2 Å². The fourth-order valence-corrected chi connectivity index (χ4v) is 5.16. The smallest absolute Gasteiger partial charge is 0.376 e. The number of hydrogen-bond acceptors (Lipinski definition) is 5. The van der Waals surface area contributed by atoms with Crippen molar-refractivity contribution < 1.29 is 41.1 Å². The van der Waals surface area contributed by atoms with Crippen LogP contribution in [0.25, 0.3) is 0 Å². The predicted octanol–water partition coefficient (Wildman–Crippen LogP) is 3.69. The zero-order chi connectivity index (χ0) is 26.2. The van der Waals surface area contributed by atoms with Crippen LogP contribution in [-0.2, 0) is 9.53 Å². The van der Waals surface area contributed by atoms with Gasteiger partial charge in [-0.15, -0.1) is 0 Å². The second-order valence-corrected chi connectivity index (χ2v) is 9.44. The number of aromatic nitrogens is 2. The lowest BCUT2D eigenvalue weighted by Gasteiger charge is -2.42. The van der Waals surface area contributed by atoms with Crippen LogP contribution in [-0.4, -0.2) is 52.1 Å². The Balaban J connectivity index is 1.49. The quantitative estimate of drug-likeness (QED) is 0.349. The van der Waals surface area contributed by atoms with Gasteiger partial charge in [0.25, 0.3) is 24.0 Å². The van der Waals surface area contributed by atoms with Crippen molar-refractivity contribution in [1.82, 2.24) is 14.9 Å². The van der Waals surface area contributed by atoms with Crippen molar-refractivity contribution >= 4 is 23.3 Å². The average molecular weight is 512 g/mol. The molecule has 4 heterocycles. The van der Waals surface area contributed by atoms with Gasteiger partial charge in [0.05, 0.1) is 18.8 Å². The molecular weight excluding hydrogens is 491 g/mol. The van der Waals surface area contributed by atoms with E-state index in [-0.39, 0.29) is 40.4 Å². The number of pyridine rings is 1. The van der Waals surface area contributed by atoms with Gasteiger partial charge in [-0.1, -0.05) is 6.92 Å². The van der Waals surface area contributed by atoms with Crippen LogP contribution in [0.5, 0.6) is 0 Å². The molecule has 0 aromatic carbocycles. The van der Waals surface area contributed by atoms with E-state index in [1.54, 1.807) is 9.88 Å². The molecule has 13 heteroatoms. The first kappa shape index (κ1) is 24.3. The van der Waals surface area contributed by atoms with E-state index < -0.39 is 54.6 Å². The lowest BCUT2D eigenvalue weighted by molar-refractivity contribution is -0.265. The Labute approximate surface area is 201 Å². The van der Waals surface area contributed by atoms with Gasteiger partial charge < -0.3 is 19.9 Å². The van der Waals surface area contributed by atoms with E-state index in [0.717, 1.165) is 18.7 Å². The summed E-state index contributed by atoms with van der Waals surface area (Å²) in [7, 11) is 0. The lowest BCUT2D eigenvalue weighted by atomic mass is 9.93. The number of ketones is 1. The van der Waals surface area contributed by atoms with E-state index >= 15 is 0 Å². The maximum atomic E-state index is 13.5. The summed E-state index contributed by atoms with van der Waals surface area (Å²) in [6.45, 7) is 1.66. The van der Waals surface area contributed by atoms with Crippen LogP contribution in [0, 0.1) is 12.8 Å². The van der Waals surface area contributed by atoms with Crippen LogP contribution in [0.1, 0.15) is 69.5 Å². The first-order valence-corrected chi connectivity index (χ1v) is 11.2. The number of hydrogen-bond donors (Lipinski definition) is 2. The summed E-state index contributed by atoms with van der Waals surface area (Å²) >= 11 is 0. The molecule has 2 amide bonds. The highest BCUT2D eigenvalue weighted by Crippen LogP contribution is 2.61. The van der Waals surface area contributed by atoms with Crippen LogP contribution < -0.4 is 10.6 Å². The molecule has 36 heavy (non-hydrogen) atoms. The number of ether oxygens (including phenoxy) is 1. The Morgan fingerprint density at radius 1 is 1.25 bits per heavy atom. The van der Waals surface area contributed by atoms with Crippen molar-refractivity contribution in [3.05, 3.63) is 46.5 Å². The van der Waals surface area contributed by atoms with Crippen LogP contribution in [0.4, 0.5) is 27.6 Å². The third-order valence-electron chi connectivity index (χ3n) is 7.20. The molecule has 3 atom stereocenters. The highest BCUT2D eigenvalue weighted by Gasteiger charge is 2.62. The van der Waals surface area contributed by atoms with Gasteiger partial charge in [-0.3, -0.25) is 19.4 Å². The van der Waals surface area contributed by atoms with Crippen molar-refractivity contribution in [2.24, 2.45) is 5.92 Å². The van der Waals surface area contributed by atoms with Gasteiger partial charge in [0.2, 0.25) is 0 Å². The number of carbonyl (C=O) groups excluding carboxylic acids is 3. The fourth-order valence-electron chi connectivity index (χ4n) is 5.16. The molecule has 8 nitrogen and oxygen atoms in total. The molecule has 1 saturated heterocycles. The number of halogens is 5. The van der Waals surface area contributed by atoms with E-state index in [0.29, 0.717) is 5.69 Å². The zero-order valence-corrected chi connectivity index (χ0v) is 19.1. The number of Topliss-reactive ketones (excluding diaryl/α,β-unsaturated/α-hetero) is 1. The van der Waals surface area contributed by atoms with Crippen molar-refractivity contribution in [2.45, 2.75) is 50.4 Å². The number of alkyl halides is 5. The Bertz CT molecular complexity index is 1280. The molecule has 0 radical (unpaired) electrons. The molecule has 2 aromatic rings. The molecule has 1 aliphatic carbocycles. The molecule has 0 spiro atoms. The monoisotopic (exact) mass is 512 g/mol. The van der Waals surface area contributed by atoms with Crippen molar-refractivity contribution in [3.63, 3.8) is 0 Å². The molecule has 2 aliphatic heterocycles. The minimum Gasteiger partial charge on any atom is -0.376 e. The molecule has 2 fully saturated rings. The molecule has 2 aromatic heterocycles. The van der Waals surface area contributed by atoms with E-state index in [4.69, 9.17) is 0 Å². The molecule has 3 aliphatic rings. The van der Waals surface area contributed by atoms with Gasteiger partial charge in [-0.25, -0.2) is 8.78 Å². The van der Waals surface area contributed by atoms with Gasteiger partial charge in [0.15, 0.2) is 5.54 Å². The molecule has 2 N–H and O–H groups in total. The van der Waals surface area contributed by atoms with E-state index in [1.807, 2.05) is 6.92 Å². The number of nitrogens with one attached hydrogen (secondary N) is 2. The summed E-state index contributed by atoms with van der Waals surface area (Å²) in [4.78, 5) is 42.7. The van der Waals surface area contributed by atoms with Crippen LogP contribution in [0.2, 0.25) is 0 Å². The third-order valence-corrected chi connectivity index (χ3v) is 7.20. The summed E-state index contributed by atoms with van der Waals surface area (Å²) in [5.41, 5.74) is -2.63. The van der Waals surface area contributed by atoms with Crippen molar-refractivity contribution in [3.8, 4) is 0 Å². The maximum absolute atomic E-state index is 13.5. The fraction of sp³-hybridized carbons (Fsp3) is 0.478. The van der Waals surface area contributed by atoms with Crippen molar-refractivity contribution in [1.29, 1.82) is 0 Å². The second kappa shape index (κ2) is 8.08. The normalized spacial score (nSPS) is 23.5. The largest absolute Gasteiger partial charge is 0.416 e. The van der Waals surface area contributed by atoms with Gasteiger partial charge in [0.1, 0.15) is 11.4 Å². The standard InChI is InChI=1S/C23H21F5N4O4/c1-9-12-6-14(12)32-16(9)15(18(33)21(35)31-22(7-36-8-22)23(26,27)28)10(2)17(32)20(34)30-11-3-4-29-13(5-11)19(24)25/h3-5,9,12,14,19H,6-8H2,1-2H3,(H,31,35)(H,29,30,34)/t9?,12?,14-/m1/s1. The highest BCUT2D eigenvalue weighted by atomic mass is 19.4. The lowest BCUT2D eigenvalue weighted by Crippen LogP contribution is -2.71. The minimum absolute atomic E-state index is 0.0568. The minimum atomic E-state index is -4.82. The summed E-state index contributed by atoms with van der Waals surface area (Å²) < 4.78 is 72.8. The second-order valence-electron chi connectivity index (χ2n) is 9.44. The maximum Gasteiger partial charge on any atom is 0.416 e. The Morgan fingerprint density at radius 2 is 1.94 bits per heavy atom. The molecular formula is C23H21F5N4O4. The topological polar surface area (TPSA) is 102 Å². The molecule has 192 valence electrons. The number of amides is 2. The number of anilines is 1. The first-order valence-electron chi connectivity index (χ1n) is 11.2. The zero-order valence-electron chi connectivity index (χ0n) is 19.1. The molecule has 5 rings (SSSR count). The van der Waals surface area contributed by atoms with Crippen molar-refractivity contribution in [2.75, 3.05) is 18.5 Å². The van der Waals surface area contributed by atoms with Crippen LogP contribution in [0.15, 0.2) is 18.3 Å². The van der Waals surface area contributed by atoms with Gasteiger partial charge in [-0.05, 0) is 37.0 Å². The summed E-state index contributed by atoms with van der Waals surface area (Å²) in [6.07, 6.45) is -5.81. The molecule has 1 saturated carbocycles. The van der Waals surface area contributed by atoms with E-state index in [2.05, 4.69) is 15.0 Å². The number of nitrogens with zero attached hydrogens (tertiary/aromatic N) is 2. The number of fused-ring (bicyclic) bond motifs is 3. The number of rotatable bonds is 6. The number of carbonyl (C=O) groups is 3. The molecule has 2 unspecified atom stereocenters. The van der Waals surface area contributed by atoms with Crippen LogP contribution >= 0.6 is 0 Å². The van der Waals surface area contributed by atoms with Crippen LogP contribution in [0.3, 0.4) is 0 Å². The summed E-state index contributed by atoms with van der Waals surface area (Å²) in [5, 5.41) is 4.32. The Kier molecular flexibility index (Phi) is 5.47. The van der Waals surface area contributed by atoms with E-state index in [9.17, 15) is 36.3 Å².